The summed E-state index contributed by atoms with van der Waals surface area (Å²) in [6.45, 7) is 8.62. The zero-order valence-corrected chi connectivity index (χ0v) is 17.0. The van der Waals surface area contributed by atoms with Crippen molar-refractivity contribution >= 4 is 8.80 Å². The second-order valence-corrected chi connectivity index (χ2v) is 8.26. The molecule has 0 aromatic heterocycles. The first-order chi connectivity index (χ1) is 12.7. The monoisotopic (exact) mass is 374 g/mol. The summed E-state index contributed by atoms with van der Waals surface area (Å²) in [6, 6.07) is 8.57. The fourth-order valence-corrected chi connectivity index (χ4v) is 4.93. The lowest BCUT2D eigenvalue weighted by Crippen LogP contribution is -2.44. The molecule has 1 aliphatic carbocycles. The molecule has 0 aliphatic heterocycles. The van der Waals surface area contributed by atoms with E-state index in [-0.39, 0.29) is 0 Å². The number of rotatable bonds is 12. The Bertz CT molecular complexity index is 578. The first-order valence-corrected chi connectivity index (χ1v) is 11.1. The van der Waals surface area contributed by atoms with Gasteiger partial charge in [-0.3, -0.25) is 0 Å². The highest BCUT2D eigenvalue weighted by molar-refractivity contribution is 6.66. The molecule has 0 spiro atoms. The molecule has 0 bridgehead atoms. The summed E-state index contributed by atoms with van der Waals surface area (Å²) in [7, 11) is -2.72. The standard InChI is InChI=1S/C21H30O4Si/c1-4-23-26(24-5-2,25-6-3)17-9-16-22-18-19-12-14-21(15-13-19)20-10-7-8-11-20/h7-15,17,20H,4-6,16,18H2,1-3H3/b17-9+. The number of hydrogen-bond acceptors (Lipinski definition) is 4. The molecular weight excluding hydrogens is 344 g/mol. The van der Waals surface area contributed by atoms with Crippen LogP contribution in [0.2, 0.25) is 0 Å². The molecule has 0 atom stereocenters. The molecule has 0 N–H and O–H groups in total. The van der Waals surface area contributed by atoms with Gasteiger partial charge in [0.1, 0.15) is 0 Å². The second-order valence-electron chi connectivity index (χ2n) is 5.86. The maximum atomic E-state index is 5.78. The van der Waals surface area contributed by atoms with Gasteiger partial charge in [-0.15, -0.1) is 0 Å². The van der Waals surface area contributed by atoms with Crippen LogP contribution in [0.25, 0.3) is 0 Å². The third-order valence-electron chi connectivity index (χ3n) is 3.95. The van der Waals surface area contributed by atoms with E-state index in [2.05, 4.69) is 48.6 Å². The number of allylic oxidation sites excluding steroid dienone is 4. The van der Waals surface area contributed by atoms with Crippen LogP contribution in [0.3, 0.4) is 0 Å². The molecule has 26 heavy (non-hydrogen) atoms. The number of ether oxygens (including phenoxy) is 1. The Morgan fingerprint density at radius 1 is 0.885 bits per heavy atom. The van der Waals surface area contributed by atoms with Gasteiger partial charge in [0.2, 0.25) is 0 Å². The number of hydrogen-bond donors (Lipinski definition) is 0. The maximum absolute atomic E-state index is 5.78. The van der Waals surface area contributed by atoms with Crippen molar-refractivity contribution in [3.63, 3.8) is 0 Å². The predicted octanol–water partition coefficient (Wildman–Crippen LogP) is 4.56. The Labute approximate surface area is 158 Å². The van der Waals surface area contributed by atoms with E-state index in [1.807, 2.05) is 32.5 Å². The van der Waals surface area contributed by atoms with Gasteiger partial charge in [0.15, 0.2) is 0 Å². The van der Waals surface area contributed by atoms with Crippen molar-refractivity contribution in [1.82, 2.24) is 0 Å². The summed E-state index contributed by atoms with van der Waals surface area (Å²) >= 11 is 0. The zero-order valence-electron chi connectivity index (χ0n) is 16.0. The molecule has 0 saturated heterocycles. The van der Waals surface area contributed by atoms with Crippen molar-refractivity contribution in [3.8, 4) is 0 Å². The Morgan fingerprint density at radius 3 is 2.00 bits per heavy atom. The third kappa shape index (κ3) is 6.34. The van der Waals surface area contributed by atoms with E-state index in [1.165, 1.54) is 5.56 Å². The van der Waals surface area contributed by atoms with Crippen LogP contribution in [0.15, 0.2) is 60.3 Å². The van der Waals surface area contributed by atoms with E-state index in [4.69, 9.17) is 18.0 Å². The van der Waals surface area contributed by atoms with Crippen molar-refractivity contribution in [2.75, 3.05) is 26.4 Å². The van der Waals surface area contributed by atoms with Crippen LogP contribution < -0.4 is 0 Å². The van der Waals surface area contributed by atoms with Gasteiger partial charge in [-0.05, 0) is 37.6 Å². The first-order valence-electron chi connectivity index (χ1n) is 9.34. The third-order valence-corrected chi connectivity index (χ3v) is 6.67. The lowest BCUT2D eigenvalue weighted by Gasteiger charge is -2.25. The van der Waals surface area contributed by atoms with E-state index in [1.54, 1.807) is 0 Å². The van der Waals surface area contributed by atoms with Gasteiger partial charge < -0.3 is 18.0 Å². The highest BCUT2D eigenvalue weighted by Gasteiger charge is 2.37. The van der Waals surface area contributed by atoms with Crippen molar-refractivity contribution in [2.45, 2.75) is 33.3 Å². The quantitative estimate of drug-likeness (QED) is 0.397. The molecular formula is C21H30O4Si. The molecule has 0 unspecified atom stereocenters. The lowest BCUT2D eigenvalue weighted by molar-refractivity contribution is 0.0836. The minimum absolute atomic E-state index is 0.404. The van der Waals surface area contributed by atoms with Crippen LogP contribution in [-0.4, -0.2) is 35.2 Å². The lowest BCUT2D eigenvalue weighted by atomic mass is 10.00. The second kappa shape index (κ2) is 11.3. The van der Waals surface area contributed by atoms with E-state index in [9.17, 15) is 0 Å². The molecule has 0 fully saturated rings. The van der Waals surface area contributed by atoms with Crippen LogP contribution in [0.4, 0.5) is 0 Å². The van der Waals surface area contributed by atoms with Crippen LogP contribution in [-0.2, 0) is 24.6 Å². The van der Waals surface area contributed by atoms with Gasteiger partial charge in [0.25, 0.3) is 0 Å². The van der Waals surface area contributed by atoms with Gasteiger partial charge >= 0.3 is 8.80 Å². The average molecular weight is 375 g/mol. The zero-order chi connectivity index (χ0) is 18.7. The average Bonchev–Trinajstić information content (AvgIpc) is 3.17. The fraction of sp³-hybridized carbons (Fsp3) is 0.429. The highest BCUT2D eigenvalue weighted by atomic mass is 28.4. The summed E-state index contributed by atoms with van der Waals surface area (Å²) in [5, 5.41) is 0. The first kappa shape index (κ1) is 20.8. The molecule has 0 amide bonds. The van der Waals surface area contributed by atoms with Crippen LogP contribution >= 0.6 is 0 Å². The number of benzene rings is 1. The molecule has 1 aromatic carbocycles. The van der Waals surface area contributed by atoms with Crippen LogP contribution in [0, 0.1) is 0 Å². The Hall–Kier alpha value is -1.50. The largest absolute Gasteiger partial charge is 0.529 e. The van der Waals surface area contributed by atoms with Gasteiger partial charge in [-0.25, -0.2) is 0 Å². The van der Waals surface area contributed by atoms with Gasteiger partial charge in [-0.2, -0.15) is 0 Å². The summed E-state index contributed by atoms with van der Waals surface area (Å²) in [5.74, 6) is 0.404. The van der Waals surface area contributed by atoms with Crippen molar-refractivity contribution in [3.05, 3.63) is 71.5 Å². The Kier molecular flexibility index (Phi) is 9.01. The van der Waals surface area contributed by atoms with Gasteiger partial charge in [-0.1, -0.05) is 54.6 Å². The minimum Gasteiger partial charge on any atom is -0.373 e. The maximum Gasteiger partial charge on any atom is 0.529 e. The molecule has 4 nitrogen and oxygen atoms in total. The molecule has 0 radical (unpaired) electrons. The molecule has 2 rings (SSSR count). The van der Waals surface area contributed by atoms with Crippen LogP contribution in [0.5, 0.6) is 0 Å². The van der Waals surface area contributed by atoms with Crippen molar-refractivity contribution in [1.29, 1.82) is 0 Å². The molecule has 1 aromatic rings. The molecule has 142 valence electrons. The molecule has 0 saturated carbocycles. The highest BCUT2D eigenvalue weighted by Crippen LogP contribution is 2.23. The van der Waals surface area contributed by atoms with Crippen molar-refractivity contribution < 1.29 is 18.0 Å². The Balaban J connectivity index is 1.81. The summed E-state index contributed by atoms with van der Waals surface area (Å²) in [6.07, 6.45) is 10.5. The molecule has 0 heterocycles. The fourth-order valence-electron chi connectivity index (χ4n) is 2.80. The predicted molar refractivity (Wildman–Crippen MR) is 107 cm³/mol. The Morgan fingerprint density at radius 2 is 1.46 bits per heavy atom. The molecule has 5 heteroatoms. The van der Waals surface area contributed by atoms with Crippen molar-refractivity contribution in [2.24, 2.45) is 0 Å². The normalized spacial score (nSPS) is 14.7. The van der Waals surface area contributed by atoms with E-state index < -0.39 is 8.80 Å². The summed E-state index contributed by atoms with van der Waals surface area (Å²) < 4.78 is 23.1. The minimum atomic E-state index is -2.72. The van der Waals surface area contributed by atoms with Gasteiger partial charge in [0, 0.05) is 25.7 Å². The van der Waals surface area contributed by atoms with E-state index in [0.29, 0.717) is 39.0 Å². The van der Waals surface area contributed by atoms with E-state index in [0.717, 1.165) is 5.56 Å². The molecule has 1 aliphatic rings. The summed E-state index contributed by atoms with van der Waals surface area (Å²) in [5.41, 5.74) is 4.39. The van der Waals surface area contributed by atoms with Crippen LogP contribution in [0.1, 0.15) is 37.8 Å². The SMILES string of the molecule is CCO[Si](/C=C/COCc1ccc(C2C=CC=C2)cc1)(OCC)OCC. The van der Waals surface area contributed by atoms with Gasteiger partial charge in [0.05, 0.1) is 13.2 Å². The summed E-state index contributed by atoms with van der Waals surface area (Å²) in [4.78, 5) is 0. The topological polar surface area (TPSA) is 36.9 Å². The van der Waals surface area contributed by atoms with E-state index >= 15 is 0 Å². The smallest absolute Gasteiger partial charge is 0.373 e.